The van der Waals surface area contributed by atoms with Crippen molar-refractivity contribution in [3.8, 4) is 0 Å². The first-order valence-corrected chi connectivity index (χ1v) is 10.6. The molecule has 0 radical (unpaired) electrons. The van der Waals surface area contributed by atoms with Crippen LogP contribution >= 0.6 is 0 Å². The summed E-state index contributed by atoms with van der Waals surface area (Å²) in [4.78, 5) is 16.1. The largest absolute Gasteiger partial charge is 0.416 e. The third kappa shape index (κ3) is 5.60. The van der Waals surface area contributed by atoms with Gasteiger partial charge in [-0.1, -0.05) is 6.07 Å². The quantitative estimate of drug-likeness (QED) is 0.584. The van der Waals surface area contributed by atoms with Crippen molar-refractivity contribution in [3.63, 3.8) is 0 Å². The van der Waals surface area contributed by atoms with Crippen molar-refractivity contribution in [1.29, 1.82) is 0 Å². The Morgan fingerprint density at radius 1 is 1.00 bits per heavy atom. The first-order chi connectivity index (χ1) is 14.6. The predicted octanol–water partition coefficient (Wildman–Crippen LogP) is 4.39. The number of carbonyl (C=O) groups excluding carboxylic acids is 1. The summed E-state index contributed by atoms with van der Waals surface area (Å²) in [6.45, 7) is 1.80. The number of hydrogen-bond acceptors (Lipinski definition) is 4. The van der Waals surface area contributed by atoms with Crippen LogP contribution in [-0.2, 0) is 16.2 Å². The van der Waals surface area contributed by atoms with Crippen LogP contribution in [-0.4, -0.2) is 19.3 Å². The Morgan fingerprint density at radius 3 is 2.26 bits per heavy atom. The summed E-state index contributed by atoms with van der Waals surface area (Å²) in [6.07, 6.45) is -1.38. The molecule has 10 heteroatoms. The van der Waals surface area contributed by atoms with Crippen molar-refractivity contribution in [2.24, 2.45) is 0 Å². The van der Waals surface area contributed by atoms with Crippen molar-refractivity contribution in [2.75, 3.05) is 4.72 Å². The first kappa shape index (κ1) is 22.3. The molecule has 0 aliphatic carbocycles. The van der Waals surface area contributed by atoms with Crippen molar-refractivity contribution >= 4 is 21.6 Å². The second-order valence-corrected chi connectivity index (χ2v) is 8.37. The van der Waals surface area contributed by atoms with Crippen LogP contribution in [0.1, 0.15) is 34.5 Å². The van der Waals surface area contributed by atoms with Gasteiger partial charge in [0, 0.05) is 23.6 Å². The molecule has 1 aromatic heterocycles. The number of rotatable bonds is 6. The van der Waals surface area contributed by atoms with E-state index >= 15 is 0 Å². The maximum Gasteiger partial charge on any atom is 0.416 e. The van der Waals surface area contributed by atoms with Crippen LogP contribution in [0.5, 0.6) is 0 Å². The molecule has 0 unspecified atom stereocenters. The molecule has 1 amide bonds. The third-order valence-corrected chi connectivity index (χ3v) is 5.82. The minimum atomic E-state index is -4.59. The van der Waals surface area contributed by atoms with E-state index in [4.69, 9.17) is 0 Å². The Morgan fingerprint density at radius 2 is 1.65 bits per heavy atom. The Bertz CT molecular complexity index is 1170. The number of aromatic nitrogens is 1. The second kappa shape index (κ2) is 8.76. The molecule has 0 aliphatic heterocycles. The van der Waals surface area contributed by atoms with Gasteiger partial charge in [0.2, 0.25) is 0 Å². The predicted molar refractivity (Wildman–Crippen MR) is 109 cm³/mol. The van der Waals surface area contributed by atoms with E-state index in [0.29, 0.717) is 6.07 Å². The summed E-state index contributed by atoms with van der Waals surface area (Å²) in [5.41, 5.74) is -0.0994. The first-order valence-electron chi connectivity index (χ1n) is 9.07. The summed E-state index contributed by atoms with van der Waals surface area (Å²) in [5, 5.41) is 2.79. The lowest BCUT2D eigenvalue weighted by Crippen LogP contribution is -2.26. The van der Waals surface area contributed by atoms with Crippen LogP contribution in [0.25, 0.3) is 0 Å². The van der Waals surface area contributed by atoms with Gasteiger partial charge in [-0.25, -0.2) is 8.42 Å². The van der Waals surface area contributed by atoms with Gasteiger partial charge in [-0.05, 0) is 67.1 Å². The maximum atomic E-state index is 12.8. The van der Waals surface area contributed by atoms with Crippen LogP contribution in [0.4, 0.5) is 18.9 Å². The molecule has 0 spiro atoms. The number of amides is 1. The molecule has 2 aromatic carbocycles. The van der Waals surface area contributed by atoms with Gasteiger partial charge >= 0.3 is 6.18 Å². The molecule has 0 fully saturated rings. The molecule has 0 aliphatic rings. The van der Waals surface area contributed by atoms with Gasteiger partial charge in [0.15, 0.2) is 0 Å². The van der Waals surface area contributed by atoms with Crippen LogP contribution in [0.15, 0.2) is 78.0 Å². The van der Waals surface area contributed by atoms with Crippen molar-refractivity contribution in [2.45, 2.75) is 24.0 Å². The molecular weight excluding hydrogens is 431 g/mol. The van der Waals surface area contributed by atoms with Gasteiger partial charge in [0.25, 0.3) is 15.9 Å². The summed E-state index contributed by atoms with van der Waals surface area (Å²) in [5.74, 6) is -0.404. The highest BCUT2D eigenvalue weighted by Crippen LogP contribution is 2.31. The Kier molecular flexibility index (Phi) is 6.30. The van der Waals surface area contributed by atoms with Gasteiger partial charge < -0.3 is 5.32 Å². The zero-order chi connectivity index (χ0) is 22.6. The minimum absolute atomic E-state index is 0.191. The molecule has 0 saturated heterocycles. The number of hydrogen-bond donors (Lipinski definition) is 2. The maximum absolute atomic E-state index is 12.8. The van der Waals surface area contributed by atoms with E-state index in [1.165, 1.54) is 30.3 Å². The lowest BCUT2D eigenvalue weighted by atomic mass is 10.1. The smallest absolute Gasteiger partial charge is 0.346 e. The zero-order valence-electron chi connectivity index (χ0n) is 16.2. The zero-order valence-corrected chi connectivity index (χ0v) is 17.0. The molecule has 3 aromatic rings. The molecule has 1 heterocycles. The van der Waals surface area contributed by atoms with Crippen LogP contribution < -0.4 is 10.0 Å². The summed E-state index contributed by atoms with van der Waals surface area (Å²) < 4.78 is 65.6. The SMILES string of the molecule is C[C@@H](NC(=O)c1ccc(S(=O)(=O)Nc2cccc(C(F)(F)F)c2)cc1)c1ccncc1. The number of nitrogens with one attached hydrogen (secondary N) is 2. The van der Waals surface area contributed by atoms with E-state index < -0.39 is 27.7 Å². The summed E-state index contributed by atoms with van der Waals surface area (Å²) in [7, 11) is -4.14. The number of carbonyl (C=O) groups is 1. The third-order valence-electron chi connectivity index (χ3n) is 4.42. The molecule has 3 rings (SSSR count). The minimum Gasteiger partial charge on any atom is -0.346 e. The van der Waals surface area contributed by atoms with Gasteiger partial charge in [-0.15, -0.1) is 0 Å². The monoisotopic (exact) mass is 449 g/mol. The van der Waals surface area contributed by atoms with Crippen molar-refractivity contribution < 1.29 is 26.4 Å². The molecule has 2 N–H and O–H groups in total. The Hall–Kier alpha value is -3.40. The molecule has 162 valence electrons. The summed E-state index contributed by atoms with van der Waals surface area (Å²) in [6, 6.07) is 12.2. The van der Waals surface area contributed by atoms with Crippen molar-refractivity contribution in [1.82, 2.24) is 10.3 Å². The number of pyridine rings is 1. The van der Waals surface area contributed by atoms with Gasteiger partial charge in [0.1, 0.15) is 0 Å². The van der Waals surface area contributed by atoms with Gasteiger partial charge in [-0.3, -0.25) is 14.5 Å². The van der Waals surface area contributed by atoms with Crippen LogP contribution in [0, 0.1) is 0 Å². The molecule has 0 bridgehead atoms. The van der Waals surface area contributed by atoms with E-state index in [9.17, 15) is 26.4 Å². The number of anilines is 1. The number of alkyl halides is 3. The highest BCUT2D eigenvalue weighted by molar-refractivity contribution is 7.92. The van der Waals surface area contributed by atoms with Crippen molar-refractivity contribution in [3.05, 3.63) is 89.7 Å². The van der Waals surface area contributed by atoms with Crippen LogP contribution in [0.2, 0.25) is 0 Å². The van der Waals surface area contributed by atoms with E-state index in [1.54, 1.807) is 31.5 Å². The average molecular weight is 449 g/mol. The topological polar surface area (TPSA) is 88.2 Å². The summed E-state index contributed by atoms with van der Waals surface area (Å²) >= 11 is 0. The lowest BCUT2D eigenvalue weighted by molar-refractivity contribution is -0.137. The number of halogens is 3. The fourth-order valence-electron chi connectivity index (χ4n) is 2.77. The average Bonchev–Trinajstić information content (AvgIpc) is 2.73. The fourth-order valence-corrected chi connectivity index (χ4v) is 3.82. The number of sulfonamides is 1. The van der Waals surface area contributed by atoms with Gasteiger partial charge in [0.05, 0.1) is 16.5 Å². The van der Waals surface area contributed by atoms with E-state index in [0.717, 1.165) is 17.7 Å². The molecular formula is C21H18F3N3O3S. The van der Waals surface area contributed by atoms with E-state index in [2.05, 4.69) is 15.0 Å². The number of nitrogens with zero attached hydrogens (tertiary/aromatic N) is 1. The lowest BCUT2D eigenvalue weighted by Gasteiger charge is -2.14. The van der Waals surface area contributed by atoms with E-state index in [-0.39, 0.29) is 22.2 Å². The fraction of sp³-hybridized carbons (Fsp3) is 0.143. The van der Waals surface area contributed by atoms with E-state index in [1.807, 2.05) is 0 Å². The van der Waals surface area contributed by atoms with Gasteiger partial charge in [-0.2, -0.15) is 13.2 Å². The molecule has 0 saturated carbocycles. The highest BCUT2D eigenvalue weighted by atomic mass is 32.2. The number of benzene rings is 2. The normalized spacial score (nSPS) is 12.8. The highest BCUT2D eigenvalue weighted by Gasteiger charge is 2.30. The molecule has 1 atom stereocenters. The van der Waals surface area contributed by atoms with Crippen LogP contribution in [0.3, 0.4) is 0 Å². The second-order valence-electron chi connectivity index (χ2n) is 6.68. The molecule has 31 heavy (non-hydrogen) atoms. The Labute approximate surface area is 177 Å². The molecule has 6 nitrogen and oxygen atoms in total. The Balaban J connectivity index is 1.72. The standard InChI is InChI=1S/C21H18F3N3O3S/c1-14(15-9-11-25-12-10-15)26-20(28)16-5-7-19(8-6-16)31(29,30)27-18-4-2-3-17(13-18)21(22,23)24/h2-14,27H,1H3,(H,26,28)/t14-/m1/s1.